The molecule has 3 aromatic rings. The molecule has 3 aliphatic rings. The molecule has 1 unspecified atom stereocenters. The monoisotopic (exact) mass is 518 g/mol. The van der Waals surface area contributed by atoms with Crippen molar-refractivity contribution in [3.8, 4) is 11.1 Å². The summed E-state index contributed by atoms with van der Waals surface area (Å²) >= 11 is 0. The molecule has 3 fully saturated rings. The van der Waals surface area contributed by atoms with Crippen LogP contribution in [0.4, 0.5) is 11.6 Å². The highest BCUT2D eigenvalue weighted by Crippen LogP contribution is 2.30. The molecule has 1 atom stereocenters. The third-order valence-electron chi connectivity index (χ3n) is 8.07. The number of aliphatic hydroxyl groups excluding tert-OH is 1. The third kappa shape index (κ3) is 5.63. The summed E-state index contributed by atoms with van der Waals surface area (Å²) in [6, 6.07) is 8.54. The number of aromatic nitrogens is 3. The summed E-state index contributed by atoms with van der Waals surface area (Å²) in [4.78, 5) is 17.6. The first-order valence-electron chi connectivity index (χ1n) is 14.1. The van der Waals surface area contributed by atoms with E-state index in [1.165, 1.54) is 0 Å². The summed E-state index contributed by atoms with van der Waals surface area (Å²) in [7, 11) is 0. The molecule has 0 bridgehead atoms. The van der Waals surface area contributed by atoms with Crippen LogP contribution in [0.25, 0.3) is 16.8 Å². The zero-order chi connectivity index (χ0) is 26.1. The Bertz CT molecular complexity index is 1290. The summed E-state index contributed by atoms with van der Waals surface area (Å²) in [5.41, 5.74) is 4.33. The maximum absolute atomic E-state index is 12.6. The van der Waals surface area contributed by atoms with Crippen molar-refractivity contribution in [2.45, 2.75) is 76.5 Å². The first-order valence-corrected chi connectivity index (χ1v) is 14.1. The molecular weight excluding hydrogens is 480 g/mol. The maximum atomic E-state index is 12.6. The number of benzene rings is 1. The SMILES string of the molecule is Cc1cc(-c2cnn3c(NC[C@H]4CC[C@@H](O)CC4)cc(NC4CCCOC4)nc23)ccc1C(=O)NC1CC1. The average Bonchev–Trinajstić information content (AvgIpc) is 3.63. The second-order valence-electron chi connectivity index (χ2n) is 11.2. The van der Waals surface area contributed by atoms with Gasteiger partial charge >= 0.3 is 0 Å². The van der Waals surface area contributed by atoms with Gasteiger partial charge in [0.25, 0.3) is 5.91 Å². The van der Waals surface area contributed by atoms with E-state index < -0.39 is 0 Å². The smallest absolute Gasteiger partial charge is 0.251 e. The molecule has 2 saturated carbocycles. The number of nitrogens with zero attached hydrogens (tertiary/aromatic N) is 3. The highest BCUT2D eigenvalue weighted by molar-refractivity contribution is 5.97. The molecule has 2 aromatic heterocycles. The topological polar surface area (TPSA) is 113 Å². The van der Waals surface area contributed by atoms with E-state index >= 15 is 0 Å². The number of aliphatic hydroxyl groups is 1. The number of ether oxygens (including phenoxy) is 1. The summed E-state index contributed by atoms with van der Waals surface area (Å²) in [5, 5.41) is 24.9. The van der Waals surface area contributed by atoms with Crippen LogP contribution in [-0.2, 0) is 4.74 Å². The number of fused-ring (bicyclic) bond motifs is 1. The molecule has 9 nitrogen and oxygen atoms in total. The van der Waals surface area contributed by atoms with Crippen molar-refractivity contribution in [2.24, 2.45) is 5.92 Å². The van der Waals surface area contributed by atoms with Crippen molar-refractivity contribution in [1.29, 1.82) is 0 Å². The Labute approximate surface area is 223 Å². The van der Waals surface area contributed by atoms with Crippen LogP contribution >= 0.6 is 0 Å². The number of hydrogen-bond donors (Lipinski definition) is 4. The first-order chi connectivity index (χ1) is 18.5. The van der Waals surface area contributed by atoms with Crippen molar-refractivity contribution < 1.29 is 14.6 Å². The Kier molecular flexibility index (Phi) is 7.21. The van der Waals surface area contributed by atoms with Crippen molar-refractivity contribution >= 4 is 23.2 Å². The van der Waals surface area contributed by atoms with Gasteiger partial charge in [0.05, 0.1) is 24.9 Å². The van der Waals surface area contributed by atoms with Crippen LogP contribution in [0, 0.1) is 12.8 Å². The van der Waals surface area contributed by atoms with Gasteiger partial charge in [0.2, 0.25) is 0 Å². The van der Waals surface area contributed by atoms with Crippen LogP contribution < -0.4 is 16.0 Å². The van der Waals surface area contributed by atoms with E-state index in [1.807, 2.05) is 35.8 Å². The zero-order valence-corrected chi connectivity index (χ0v) is 22.1. The molecule has 1 saturated heterocycles. The Morgan fingerprint density at radius 1 is 1.11 bits per heavy atom. The van der Waals surface area contributed by atoms with Gasteiger partial charge in [-0.3, -0.25) is 4.79 Å². The first kappa shape index (κ1) is 25.1. The molecule has 1 aliphatic heterocycles. The summed E-state index contributed by atoms with van der Waals surface area (Å²) in [6.07, 6.45) is 9.71. The van der Waals surface area contributed by atoms with E-state index in [-0.39, 0.29) is 18.1 Å². The molecule has 3 heterocycles. The van der Waals surface area contributed by atoms with E-state index in [4.69, 9.17) is 14.8 Å². The fourth-order valence-electron chi connectivity index (χ4n) is 5.60. The van der Waals surface area contributed by atoms with E-state index in [0.29, 0.717) is 24.1 Å². The summed E-state index contributed by atoms with van der Waals surface area (Å²) in [6.45, 7) is 4.30. The van der Waals surface area contributed by atoms with Crippen LogP contribution in [0.15, 0.2) is 30.5 Å². The standard InChI is InChI=1S/C29H38N6O3/c1-18-13-20(6-11-24(18)29(37)33-21-7-8-21)25-16-31-35-27(30-15-19-4-9-23(36)10-5-19)14-26(34-28(25)35)32-22-3-2-12-38-17-22/h6,11,13-14,16,19,21-23,30,36H,2-5,7-10,12,15,17H2,1H3,(H,32,34)(H,33,37)/t19-,22?,23+. The minimum absolute atomic E-state index is 0.00237. The van der Waals surface area contributed by atoms with Crippen LogP contribution in [0.5, 0.6) is 0 Å². The van der Waals surface area contributed by atoms with Gasteiger partial charge in [-0.2, -0.15) is 9.61 Å². The lowest BCUT2D eigenvalue weighted by Crippen LogP contribution is -2.30. The molecule has 9 heteroatoms. The second-order valence-corrected chi connectivity index (χ2v) is 11.2. The van der Waals surface area contributed by atoms with Gasteiger partial charge < -0.3 is 25.8 Å². The predicted molar refractivity (Wildman–Crippen MR) is 148 cm³/mol. The zero-order valence-electron chi connectivity index (χ0n) is 22.1. The molecular formula is C29H38N6O3. The van der Waals surface area contributed by atoms with Gasteiger partial charge in [-0.1, -0.05) is 12.1 Å². The molecule has 1 amide bonds. The number of carbonyl (C=O) groups excluding carboxylic acids is 1. The molecule has 1 aromatic carbocycles. The van der Waals surface area contributed by atoms with Crippen molar-refractivity contribution in [1.82, 2.24) is 19.9 Å². The van der Waals surface area contributed by atoms with E-state index in [9.17, 15) is 9.90 Å². The minimum atomic E-state index is -0.157. The van der Waals surface area contributed by atoms with Gasteiger partial charge in [-0.25, -0.2) is 4.98 Å². The molecule has 38 heavy (non-hydrogen) atoms. The average molecular weight is 519 g/mol. The Balaban J connectivity index is 1.29. The van der Waals surface area contributed by atoms with E-state index in [0.717, 1.165) is 98.5 Å². The van der Waals surface area contributed by atoms with Crippen molar-refractivity contribution in [3.05, 3.63) is 41.6 Å². The Morgan fingerprint density at radius 3 is 2.68 bits per heavy atom. The normalized spacial score (nSPS) is 23.8. The van der Waals surface area contributed by atoms with E-state index in [1.54, 1.807) is 0 Å². The Hall–Kier alpha value is -3.17. The highest BCUT2D eigenvalue weighted by atomic mass is 16.5. The molecule has 2 aliphatic carbocycles. The van der Waals surface area contributed by atoms with Crippen LogP contribution in [0.1, 0.15) is 67.3 Å². The summed E-state index contributed by atoms with van der Waals surface area (Å²) < 4.78 is 7.55. The van der Waals surface area contributed by atoms with Crippen molar-refractivity contribution in [2.75, 3.05) is 30.4 Å². The minimum Gasteiger partial charge on any atom is -0.393 e. The molecule has 202 valence electrons. The number of amides is 1. The largest absolute Gasteiger partial charge is 0.393 e. The van der Waals surface area contributed by atoms with Gasteiger partial charge in [-0.05, 0) is 81.4 Å². The highest BCUT2D eigenvalue weighted by Gasteiger charge is 2.25. The number of nitrogens with one attached hydrogen (secondary N) is 3. The molecule has 4 N–H and O–H groups in total. The maximum Gasteiger partial charge on any atom is 0.251 e. The number of aryl methyl sites for hydroxylation is 1. The molecule has 0 spiro atoms. The summed E-state index contributed by atoms with van der Waals surface area (Å²) in [5.74, 6) is 2.21. The van der Waals surface area contributed by atoms with Gasteiger partial charge in [-0.15, -0.1) is 0 Å². The fourth-order valence-corrected chi connectivity index (χ4v) is 5.60. The number of hydrogen-bond acceptors (Lipinski definition) is 7. The fraction of sp³-hybridized carbons (Fsp3) is 0.552. The molecule has 6 rings (SSSR count). The van der Waals surface area contributed by atoms with Gasteiger partial charge in [0, 0.05) is 36.4 Å². The Morgan fingerprint density at radius 2 is 1.95 bits per heavy atom. The lowest BCUT2D eigenvalue weighted by molar-refractivity contribution is 0.0875. The number of rotatable bonds is 8. The predicted octanol–water partition coefficient (Wildman–Crippen LogP) is 4.15. The van der Waals surface area contributed by atoms with E-state index in [2.05, 4.69) is 22.0 Å². The van der Waals surface area contributed by atoms with Crippen LogP contribution in [0.3, 0.4) is 0 Å². The number of carbonyl (C=O) groups is 1. The van der Waals surface area contributed by atoms with Gasteiger partial charge in [0.1, 0.15) is 11.6 Å². The van der Waals surface area contributed by atoms with Crippen molar-refractivity contribution in [3.63, 3.8) is 0 Å². The molecule has 0 radical (unpaired) electrons. The lowest BCUT2D eigenvalue weighted by Gasteiger charge is -2.26. The second kappa shape index (κ2) is 10.9. The lowest BCUT2D eigenvalue weighted by atomic mass is 9.87. The van der Waals surface area contributed by atoms with Crippen LogP contribution in [0.2, 0.25) is 0 Å². The van der Waals surface area contributed by atoms with Crippen LogP contribution in [-0.4, -0.2) is 63.6 Å². The quantitative estimate of drug-likeness (QED) is 0.354. The third-order valence-corrected chi connectivity index (χ3v) is 8.07. The van der Waals surface area contributed by atoms with Gasteiger partial charge in [0.15, 0.2) is 5.65 Å². The number of anilines is 2.